The van der Waals surface area contributed by atoms with Crippen molar-refractivity contribution in [2.75, 3.05) is 22.5 Å². The molecule has 4 rings (SSSR count). The summed E-state index contributed by atoms with van der Waals surface area (Å²) in [5.74, 6) is -1.43. The Morgan fingerprint density at radius 3 is 1.57 bits per heavy atom. The molecule has 0 aliphatic heterocycles. The normalized spacial score (nSPS) is 9.14. The van der Waals surface area contributed by atoms with Gasteiger partial charge in [-0.15, -0.1) is 0 Å². The van der Waals surface area contributed by atoms with Gasteiger partial charge in [0.05, 0.1) is 24.3 Å². The molecule has 0 aromatic heterocycles. The molecule has 0 aliphatic carbocycles. The maximum Gasteiger partial charge on any atom is 0.336 e. The van der Waals surface area contributed by atoms with Crippen LogP contribution in [0.3, 0.4) is 0 Å². The van der Waals surface area contributed by atoms with Crippen LogP contribution in [0.1, 0.15) is 20.7 Å². The van der Waals surface area contributed by atoms with Gasteiger partial charge in [0, 0.05) is 22.7 Å². The third-order valence-electron chi connectivity index (χ3n) is 4.64. The number of carboxylic acids is 1. The van der Waals surface area contributed by atoms with Crippen molar-refractivity contribution in [1.29, 1.82) is 0 Å². The quantitative estimate of drug-likeness (QED) is 0.178. The fraction of sp³-hybridized carbons (Fsp3) is 0. The Balaban J connectivity index is 0.000000217. The first-order valence-corrected chi connectivity index (χ1v) is 10.7. The number of rotatable bonds is 3. The zero-order valence-corrected chi connectivity index (χ0v) is 19.6. The summed E-state index contributed by atoms with van der Waals surface area (Å²) in [6.45, 7) is 13.6. The third-order valence-corrected chi connectivity index (χ3v) is 4.64. The number of aromatic carboxylic acids is 1. The summed E-state index contributed by atoms with van der Waals surface area (Å²) < 4.78 is 0. The van der Waals surface area contributed by atoms with Gasteiger partial charge in [0.15, 0.2) is 11.4 Å². The lowest BCUT2D eigenvalue weighted by molar-refractivity contribution is 0.0698. The highest BCUT2D eigenvalue weighted by Crippen LogP contribution is 2.21. The molecule has 0 spiro atoms. The fourth-order valence-corrected chi connectivity index (χ4v) is 2.78. The van der Waals surface area contributed by atoms with Gasteiger partial charge in [-0.1, -0.05) is 48.5 Å². The predicted octanol–water partition coefficient (Wildman–Crippen LogP) is 5.86. The topological polar surface area (TPSA) is 153 Å². The second-order valence-corrected chi connectivity index (χ2v) is 7.30. The van der Waals surface area contributed by atoms with E-state index in [-0.39, 0.29) is 22.8 Å². The number of nitrogens with one attached hydrogen (secondary N) is 1. The molecule has 0 fully saturated rings. The zero-order valence-electron chi connectivity index (χ0n) is 19.6. The molecular weight excluding hydrogens is 468 g/mol. The van der Waals surface area contributed by atoms with Crippen LogP contribution in [0.5, 0.6) is 0 Å². The summed E-state index contributed by atoms with van der Waals surface area (Å²) in [5.41, 5.74) is 19.5. The van der Waals surface area contributed by atoms with Crippen LogP contribution in [-0.2, 0) is 0 Å². The van der Waals surface area contributed by atoms with Gasteiger partial charge in [-0.05, 0) is 48.5 Å². The van der Waals surface area contributed by atoms with E-state index >= 15 is 0 Å². The lowest BCUT2D eigenvalue weighted by atomic mass is 10.1. The molecule has 8 N–H and O–H groups in total. The molecule has 1 amide bonds. The number of anilines is 4. The maximum absolute atomic E-state index is 12.0. The van der Waals surface area contributed by atoms with Crippen LogP contribution in [0.2, 0.25) is 0 Å². The zero-order chi connectivity index (χ0) is 27.2. The molecule has 4 aromatic carbocycles. The van der Waals surface area contributed by atoms with Crippen LogP contribution in [-0.4, -0.2) is 17.0 Å². The molecule has 4 aromatic rings. The van der Waals surface area contributed by atoms with Crippen LogP contribution in [0.25, 0.3) is 9.69 Å². The number of carbonyl (C=O) groups excluding carboxylic acids is 1. The molecule has 0 unspecified atom stereocenters. The van der Waals surface area contributed by atoms with Crippen LogP contribution in [0, 0.1) is 13.1 Å². The van der Waals surface area contributed by atoms with Gasteiger partial charge in [-0.2, -0.15) is 0 Å². The SMILES string of the molecule is Nc1ccccc1.[C-]#[N+]c1ccc(N)c(C(=O)Nc2ccccc2)c1.[C-]#[N+]c1ccc(N)c(C(=O)O)c1. The lowest BCUT2D eigenvalue weighted by Gasteiger charge is -2.07. The minimum atomic E-state index is -1.11. The van der Waals surface area contributed by atoms with E-state index in [0.29, 0.717) is 22.6 Å². The number of carboxylic acid groups (broad SMARTS) is 1. The maximum atomic E-state index is 12.0. The van der Waals surface area contributed by atoms with E-state index in [1.807, 2.05) is 48.5 Å². The van der Waals surface area contributed by atoms with Gasteiger partial charge >= 0.3 is 5.97 Å². The predicted molar refractivity (Wildman–Crippen MR) is 146 cm³/mol. The van der Waals surface area contributed by atoms with Crippen LogP contribution >= 0.6 is 0 Å². The van der Waals surface area contributed by atoms with Gasteiger partial charge in [0.2, 0.25) is 0 Å². The number of benzene rings is 4. The van der Waals surface area contributed by atoms with Gasteiger partial charge in [-0.25, -0.2) is 14.5 Å². The molecule has 0 bridgehead atoms. The molecule has 9 nitrogen and oxygen atoms in total. The van der Waals surface area contributed by atoms with Crippen molar-refractivity contribution in [3.8, 4) is 0 Å². The number of nitrogens with zero attached hydrogens (tertiary/aromatic N) is 2. The summed E-state index contributed by atoms with van der Waals surface area (Å²) in [6, 6.07) is 27.4. The number of carbonyl (C=O) groups is 2. The van der Waals surface area contributed by atoms with Crippen molar-refractivity contribution in [2.45, 2.75) is 0 Å². The standard InChI is InChI=1S/C14H11N3O.C8H6N2O2.C6H7N/c1-16-11-7-8-13(15)12(9-11)14(18)17-10-5-3-2-4-6-10;1-10-5-2-3-7(9)6(4-5)8(11)12;7-6-4-2-1-3-5-6/h2-9H,15H2,(H,17,18);2-4H,9H2,(H,11,12);1-5H,7H2. The summed E-state index contributed by atoms with van der Waals surface area (Å²) in [5, 5.41) is 11.3. The number of hydrogen-bond acceptors (Lipinski definition) is 5. The van der Waals surface area contributed by atoms with E-state index in [9.17, 15) is 9.59 Å². The summed E-state index contributed by atoms with van der Waals surface area (Å²) in [4.78, 5) is 28.9. The van der Waals surface area contributed by atoms with Crippen molar-refractivity contribution in [3.05, 3.63) is 131 Å². The number of hydrogen-bond donors (Lipinski definition) is 5. The number of amides is 1. The van der Waals surface area contributed by atoms with Crippen molar-refractivity contribution in [3.63, 3.8) is 0 Å². The van der Waals surface area contributed by atoms with Crippen molar-refractivity contribution in [1.82, 2.24) is 0 Å². The van der Waals surface area contributed by atoms with E-state index in [4.69, 9.17) is 35.5 Å². The fourth-order valence-electron chi connectivity index (χ4n) is 2.78. The number of nitrogens with two attached hydrogens (primary N) is 3. The van der Waals surface area contributed by atoms with E-state index in [1.54, 1.807) is 24.3 Å². The molecule has 0 radical (unpaired) electrons. The Hall–Kier alpha value is -5.80. The number of nitrogen functional groups attached to an aromatic ring is 3. The Morgan fingerprint density at radius 2 is 1.14 bits per heavy atom. The average molecular weight is 493 g/mol. The molecule has 0 saturated heterocycles. The molecule has 0 aliphatic rings. The van der Waals surface area contributed by atoms with Crippen molar-refractivity contribution >= 4 is 46.0 Å². The Bertz CT molecular complexity index is 1440. The van der Waals surface area contributed by atoms with E-state index < -0.39 is 5.97 Å². The lowest BCUT2D eigenvalue weighted by Crippen LogP contribution is -2.13. The molecule has 9 heteroatoms. The molecular formula is C28H24N6O3. The van der Waals surface area contributed by atoms with E-state index in [0.717, 1.165) is 5.69 Å². The largest absolute Gasteiger partial charge is 0.478 e. The molecule has 0 heterocycles. The highest BCUT2D eigenvalue weighted by Gasteiger charge is 2.10. The molecule has 184 valence electrons. The van der Waals surface area contributed by atoms with Crippen LogP contribution in [0.15, 0.2) is 97.1 Å². The van der Waals surface area contributed by atoms with Gasteiger partial charge < -0.3 is 27.6 Å². The van der Waals surface area contributed by atoms with E-state index in [2.05, 4.69) is 15.0 Å². The Labute approximate surface area is 214 Å². The summed E-state index contributed by atoms with van der Waals surface area (Å²) in [7, 11) is 0. The summed E-state index contributed by atoms with van der Waals surface area (Å²) >= 11 is 0. The molecule has 0 atom stereocenters. The van der Waals surface area contributed by atoms with Gasteiger partial charge in [0.1, 0.15) is 0 Å². The second kappa shape index (κ2) is 13.8. The highest BCUT2D eigenvalue weighted by molar-refractivity contribution is 6.08. The first-order valence-electron chi connectivity index (χ1n) is 10.7. The third kappa shape index (κ3) is 8.81. The van der Waals surface area contributed by atoms with Gasteiger partial charge in [0.25, 0.3) is 5.91 Å². The first kappa shape index (κ1) is 27.4. The highest BCUT2D eigenvalue weighted by atomic mass is 16.4. The van der Waals surface area contributed by atoms with Gasteiger partial charge in [-0.3, -0.25) is 4.79 Å². The van der Waals surface area contributed by atoms with E-state index in [1.165, 1.54) is 24.3 Å². The number of para-hydroxylation sites is 2. The second-order valence-electron chi connectivity index (χ2n) is 7.30. The molecule has 0 saturated carbocycles. The Kier molecular flexibility index (Phi) is 10.2. The molecule has 37 heavy (non-hydrogen) atoms. The smallest absolute Gasteiger partial charge is 0.336 e. The first-order chi connectivity index (χ1) is 17.7. The van der Waals surface area contributed by atoms with Crippen LogP contribution < -0.4 is 22.5 Å². The monoisotopic (exact) mass is 492 g/mol. The minimum absolute atomic E-state index is 0.0245. The average Bonchev–Trinajstić information content (AvgIpc) is 2.91. The van der Waals surface area contributed by atoms with Crippen LogP contribution in [0.4, 0.5) is 34.1 Å². The van der Waals surface area contributed by atoms with Crippen molar-refractivity contribution < 1.29 is 14.7 Å². The Morgan fingerprint density at radius 1 is 0.676 bits per heavy atom. The minimum Gasteiger partial charge on any atom is -0.478 e. The van der Waals surface area contributed by atoms with Crippen molar-refractivity contribution in [2.24, 2.45) is 0 Å². The summed E-state index contributed by atoms with van der Waals surface area (Å²) in [6.07, 6.45) is 0.